The predicted molar refractivity (Wildman–Crippen MR) is 92.0 cm³/mol. The Hall–Kier alpha value is -2.08. The molecule has 6 nitrogen and oxygen atoms in total. The van der Waals surface area contributed by atoms with E-state index in [4.69, 9.17) is 10.6 Å². The molecular weight excluding hydrogens is 306 g/mol. The first-order valence-electron chi connectivity index (χ1n) is 8.38. The highest BCUT2D eigenvalue weighted by atomic mass is 16.6. The second-order valence-corrected chi connectivity index (χ2v) is 7.17. The van der Waals surface area contributed by atoms with Gasteiger partial charge in [-0.1, -0.05) is 24.3 Å². The fourth-order valence-corrected chi connectivity index (χ4v) is 2.91. The van der Waals surface area contributed by atoms with Crippen molar-refractivity contribution < 1.29 is 14.3 Å². The van der Waals surface area contributed by atoms with Crippen LogP contribution in [0.3, 0.4) is 0 Å². The Morgan fingerprint density at radius 2 is 1.92 bits per heavy atom. The van der Waals surface area contributed by atoms with Gasteiger partial charge in [-0.25, -0.2) is 10.6 Å². The molecule has 0 aliphatic carbocycles. The zero-order valence-electron chi connectivity index (χ0n) is 14.7. The molecule has 6 heteroatoms. The van der Waals surface area contributed by atoms with E-state index in [9.17, 15) is 9.59 Å². The third-order valence-corrected chi connectivity index (χ3v) is 4.02. The molecule has 24 heavy (non-hydrogen) atoms. The number of hydrogen-bond acceptors (Lipinski definition) is 4. The van der Waals surface area contributed by atoms with Gasteiger partial charge in [-0.3, -0.25) is 10.2 Å². The van der Waals surface area contributed by atoms with Crippen molar-refractivity contribution in [3.8, 4) is 0 Å². The molecule has 0 saturated carbocycles. The maximum atomic E-state index is 12.5. The summed E-state index contributed by atoms with van der Waals surface area (Å²) in [6.45, 7) is 6.33. The Bertz CT molecular complexity index is 578. The maximum absolute atomic E-state index is 12.5. The lowest BCUT2D eigenvalue weighted by Crippen LogP contribution is -2.41. The summed E-state index contributed by atoms with van der Waals surface area (Å²) in [5.74, 6) is 4.88. The van der Waals surface area contributed by atoms with Gasteiger partial charge in [-0.2, -0.15) is 0 Å². The van der Waals surface area contributed by atoms with Crippen molar-refractivity contribution in [3.63, 3.8) is 0 Å². The number of nitrogens with two attached hydrogens (primary N) is 1. The number of likely N-dealkylation sites (tertiary alicyclic amines) is 1. The molecule has 0 radical (unpaired) electrons. The summed E-state index contributed by atoms with van der Waals surface area (Å²) in [4.78, 5) is 25.6. The smallest absolute Gasteiger partial charge is 0.410 e. The fourth-order valence-electron chi connectivity index (χ4n) is 2.91. The second kappa shape index (κ2) is 7.66. The topological polar surface area (TPSA) is 84.7 Å². The van der Waals surface area contributed by atoms with E-state index >= 15 is 0 Å². The zero-order chi connectivity index (χ0) is 17.7. The highest BCUT2D eigenvalue weighted by Gasteiger charge is 2.31. The summed E-state index contributed by atoms with van der Waals surface area (Å²) in [5.41, 5.74) is 3.58. The van der Waals surface area contributed by atoms with Crippen LogP contribution < -0.4 is 11.3 Å². The van der Waals surface area contributed by atoms with Crippen molar-refractivity contribution in [1.29, 1.82) is 0 Å². The van der Waals surface area contributed by atoms with Gasteiger partial charge in [0.05, 0.1) is 12.5 Å². The molecule has 1 heterocycles. The van der Waals surface area contributed by atoms with Crippen LogP contribution in [0.5, 0.6) is 0 Å². The van der Waals surface area contributed by atoms with E-state index in [0.29, 0.717) is 6.54 Å². The van der Waals surface area contributed by atoms with E-state index in [2.05, 4.69) is 5.43 Å². The van der Waals surface area contributed by atoms with Gasteiger partial charge in [-0.15, -0.1) is 0 Å². The number of hydrazine groups is 1. The number of piperidine rings is 1. The number of benzene rings is 1. The molecule has 1 aromatic carbocycles. The molecule has 3 N–H and O–H groups in total. The van der Waals surface area contributed by atoms with Gasteiger partial charge in [0.25, 0.3) is 0 Å². The summed E-state index contributed by atoms with van der Waals surface area (Å²) in [5, 5.41) is 0. The molecule has 1 atom stereocenters. The monoisotopic (exact) mass is 333 g/mol. The number of nitrogens with one attached hydrogen (secondary N) is 1. The van der Waals surface area contributed by atoms with Crippen LogP contribution in [0.25, 0.3) is 0 Å². The second-order valence-electron chi connectivity index (χ2n) is 7.17. The average Bonchev–Trinajstić information content (AvgIpc) is 2.54. The molecule has 1 unspecified atom stereocenters. The van der Waals surface area contributed by atoms with Gasteiger partial charge in [0, 0.05) is 6.54 Å². The lowest BCUT2D eigenvalue weighted by atomic mass is 9.94. The van der Waals surface area contributed by atoms with Gasteiger partial charge in [0.1, 0.15) is 5.60 Å². The number of nitrogens with zero attached hydrogens (tertiary/aromatic N) is 1. The highest BCUT2D eigenvalue weighted by Crippen LogP contribution is 2.32. The minimum atomic E-state index is -0.501. The SMILES string of the molecule is CC(C)(C)OC(=O)N1CCCCC1c1ccc(CC(=O)NN)cc1. The molecule has 0 bridgehead atoms. The van der Waals surface area contributed by atoms with Crippen LogP contribution in [0.4, 0.5) is 4.79 Å². The van der Waals surface area contributed by atoms with Crippen molar-refractivity contribution in [3.05, 3.63) is 35.4 Å². The number of hydrogen-bond donors (Lipinski definition) is 2. The Morgan fingerprint density at radius 3 is 2.50 bits per heavy atom. The van der Waals surface area contributed by atoms with Gasteiger partial charge in [0.2, 0.25) is 5.91 Å². The first kappa shape index (κ1) is 18.3. The lowest BCUT2D eigenvalue weighted by molar-refractivity contribution is -0.120. The molecule has 0 aromatic heterocycles. The van der Waals surface area contributed by atoms with Crippen LogP contribution in [0.15, 0.2) is 24.3 Å². The van der Waals surface area contributed by atoms with Gasteiger partial charge in [-0.05, 0) is 51.2 Å². The van der Waals surface area contributed by atoms with E-state index in [-0.39, 0.29) is 24.5 Å². The minimum absolute atomic E-state index is 0.0194. The van der Waals surface area contributed by atoms with Crippen molar-refractivity contribution >= 4 is 12.0 Å². The fraction of sp³-hybridized carbons (Fsp3) is 0.556. The van der Waals surface area contributed by atoms with Crippen LogP contribution >= 0.6 is 0 Å². The first-order valence-corrected chi connectivity index (χ1v) is 8.38. The number of carbonyl (C=O) groups is 2. The van der Waals surface area contributed by atoms with Crippen molar-refractivity contribution in [2.45, 2.75) is 58.1 Å². The lowest BCUT2D eigenvalue weighted by Gasteiger charge is -2.37. The van der Waals surface area contributed by atoms with Crippen molar-refractivity contribution in [2.75, 3.05) is 6.54 Å². The Labute approximate surface area is 143 Å². The Morgan fingerprint density at radius 1 is 1.25 bits per heavy atom. The maximum Gasteiger partial charge on any atom is 0.410 e. The molecule has 2 rings (SSSR count). The molecule has 2 amide bonds. The highest BCUT2D eigenvalue weighted by molar-refractivity contribution is 5.77. The molecule has 1 saturated heterocycles. The third-order valence-electron chi connectivity index (χ3n) is 4.02. The molecular formula is C18H27N3O3. The Kier molecular flexibility index (Phi) is 5.83. The summed E-state index contributed by atoms with van der Waals surface area (Å²) in [7, 11) is 0. The summed E-state index contributed by atoms with van der Waals surface area (Å²) < 4.78 is 5.54. The molecule has 1 aliphatic heterocycles. The first-order chi connectivity index (χ1) is 11.3. The number of carbonyl (C=O) groups excluding carboxylic acids is 2. The summed E-state index contributed by atoms with van der Waals surface area (Å²) in [6, 6.07) is 7.80. The summed E-state index contributed by atoms with van der Waals surface area (Å²) >= 11 is 0. The normalized spacial score (nSPS) is 18.2. The van der Waals surface area contributed by atoms with Crippen LogP contribution in [0.1, 0.15) is 57.2 Å². The van der Waals surface area contributed by atoms with E-state index in [1.54, 1.807) is 0 Å². The number of rotatable bonds is 3. The molecule has 0 spiro atoms. The quantitative estimate of drug-likeness (QED) is 0.506. The standard InChI is InChI=1S/C18H27N3O3/c1-18(2,3)24-17(23)21-11-5-4-6-15(21)14-9-7-13(8-10-14)12-16(22)20-19/h7-10,15H,4-6,11-12,19H2,1-3H3,(H,20,22). The Balaban J connectivity index is 2.12. The van der Waals surface area contributed by atoms with E-state index in [1.165, 1.54) is 0 Å². The van der Waals surface area contributed by atoms with E-state index in [1.807, 2.05) is 49.9 Å². The van der Waals surface area contributed by atoms with Crippen LogP contribution in [0.2, 0.25) is 0 Å². The number of ether oxygens (including phenoxy) is 1. The van der Waals surface area contributed by atoms with Gasteiger partial charge < -0.3 is 9.64 Å². The van der Waals surface area contributed by atoms with E-state index in [0.717, 1.165) is 30.4 Å². The van der Waals surface area contributed by atoms with Crippen LogP contribution in [-0.2, 0) is 16.0 Å². The largest absolute Gasteiger partial charge is 0.444 e. The molecule has 1 fully saturated rings. The van der Waals surface area contributed by atoms with Gasteiger partial charge in [0.15, 0.2) is 0 Å². The van der Waals surface area contributed by atoms with Crippen LogP contribution in [0, 0.1) is 0 Å². The van der Waals surface area contributed by atoms with Crippen molar-refractivity contribution in [1.82, 2.24) is 10.3 Å². The zero-order valence-corrected chi connectivity index (χ0v) is 14.7. The average molecular weight is 333 g/mol. The van der Waals surface area contributed by atoms with Crippen LogP contribution in [-0.4, -0.2) is 29.0 Å². The third kappa shape index (κ3) is 4.96. The van der Waals surface area contributed by atoms with Crippen molar-refractivity contribution in [2.24, 2.45) is 5.84 Å². The number of amides is 2. The molecule has 1 aliphatic rings. The summed E-state index contributed by atoms with van der Waals surface area (Å²) in [6.07, 6.45) is 2.98. The van der Waals surface area contributed by atoms with Gasteiger partial charge >= 0.3 is 6.09 Å². The molecule has 1 aromatic rings. The van der Waals surface area contributed by atoms with E-state index < -0.39 is 5.60 Å². The predicted octanol–water partition coefficient (Wildman–Crippen LogP) is 2.68. The minimum Gasteiger partial charge on any atom is -0.444 e. The molecule has 132 valence electrons.